The number of sulfonamides is 1. The number of ether oxygens (including phenoxy) is 1. The van der Waals surface area contributed by atoms with Crippen LogP contribution < -0.4 is 10.3 Å². The second-order valence-corrected chi connectivity index (χ2v) is 10.4. The summed E-state index contributed by atoms with van der Waals surface area (Å²) in [6.07, 6.45) is 3.15. The number of aryl methyl sites for hydroxylation is 1. The van der Waals surface area contributed by atoms with E-state index in [1.807, 2.05) is 14.0 Å². The van der Waals surface area contributed by atoms with Gasteiger partial charge in [-0.25, -0.2) is 13.4 Å². The number of hydrogen-bond donors (Lipinski definition) is 1. The van der Waals surface area contributed by atoms with E-state index in [1.54, 1.807) is 25.3 Å². The van der Waals surface area contributed by atoms with Gasteiger partial charge >= 0.3 is 0 Å². The SMILES string of the molecule is C=CCOc1ccc(S(=O)(=O)N2CCN(C)CC2)cc1-c1nc2c(CCC)[nH]nc2c(=O)n1C. The molecular formula is C23H30N6O4S. The summed E-state index contributed by atoms with van der Waals surface area (Å²) in [5, 5.41) is 7.07. The van der Waals surface area contributed by atoms with Gasteiger partial charge in [-0.05, 0) is 31.7 Å². The zero-order valence-corrected chi connectivity index (χ0v) is 20.6. The van der Waals surface area contributed by atoms with Gasteiger partial charge in [-0.3, -0.25) is 14.5 Å². The van der Waals surface area contributed by atoms with E-state index in [0.717, 1.165) is 12.1 Å². The van der Waals surface area contributed by atoms with Gasteiger partial charge in [0.15, 0.2) is 5.52 Å². The quantitative estimate of drug-likeness (QED) is 0.483. The summed E-state index contributed by atoms with van der Waals surface area (Å²) in [7, 11) is -0.162. The van der Waals surface area contributed by atoms with Crippen molar-refractivity contribution in [2.24, 2.45) is 7.05 Å². The van der Waals surface area contributed by atoms with Crippen LogP contribution in [0.1, 0.15) is 19.0 Å². The highest BCUT2D eigenvalue weighted by atomic mass is 32.2. The normalized spacial score (nSPS) is 15.6. The van der Waals surface area contributed by atoms with E-state index >= 15 is 0 Å². The molecule has 1 fully saturated rings. The fourth-order valence-corrected chi connectivity index (χ4v) is 5.49. The summed E-state index contributed by atoms with van der Waals surface area (Å²) >= 11 is 0. The molecule has 4 rings (SSSR count). The summed E-state index contributed by atoms with van der Waals surface area (Å²) < 4.78 is 35.5. The van der Waals surface area contributed by atoms with Crippen LogP contribution in [0, 0.1) is 0 Å². The van der Waals surface area contributed by atoms with Crippen LogP contribution in [0.5, 0.6) is 5.75 Å². The van der Waals surface area contributed by atoms with Crippen molar-refractivity contribution in [3.8, 4) is 17.1 Å². The third-order valence-electron chi connectivity index (χ3n) is 6.00. The van der Waals surface area contributed by atoms with Gasteiger partial charge in [-0.1, -0.05) is 26.0 Å². The van der Waals surface area contributed by atoms with Gasteiger partial charge in [0.1, 0.15) is 23.7 Å². The van der Waals surface area contributed by atoms with Gasteiger partial charge < -0.3 is 9.64 Å². The maximum Gasteiger partial charge on any atom is 0.281 e. The van der Waals surface area contributed by atoms with Crippen LogP contribution >= 0.6 is 0 Å². The van der Waals surface area contributed by atoms with Crippen LogP contribution in [-0.4, -0.2) is 77.2 Å². The van der Waals surface area contributed by atoms with E-state index in [1.165, 1.54) is 14.9 Å². The van der Waals surface area contributed by atoms with Crippen molar-refractivity contribution in [2.45, 2.75) is 24.7 Å². The van der Waals surface area contributed by atoms with Crippen molar-refractivity contribution in [2.75, 3.05) is 39.8 Å². The molecule has 1 aliphatic rings. The molecule has 1 aromatic carbocycles. The Balaban J connectivity index is 1.88. The summed E-state index contributed by atoms with van der Waals surface area (Å²) in [4.78, 5) is 20.1. The smallest absolute Gasteiger partial charge is 0.281 e. The molecule has 182 valence electrons. The van der Waals surface area contributed by atoms with Crippen LogP contribution in [0.15, 0.2) is 40.5 Å². The second kappa shape index (κ2) is 9.69. The summed E-state index contributed by atoms with van der Waals surface area (Å²) in [6, 6.07) is 4.69. The number of benzene rings is 1. The molecule has 0 saturated carbocycles. The monoisotopic (exact) mass is 486 g/mol. The molecule has 2 aromatic heterocycles. The molecule has 3 heterocycles. The van der Waals surface area contributed by atoms with E-state index in [-0.39, 0.29) is 22.6 Å². The van der Waals surface area contributed by atoms with E-state index in [9.17, 15) is 13.2 Å². The lowest BCUT2D eigenvalue weighted by Crippen LogP contribution is -2.47. The van der Waals surface area contributed by atoms with Crippen LogP contribution in [-0.2, 0) is 23.5 Å². The van der Waals surface area contributed by atoms with Gasteiger partial charge in [-0.2, -0.15) is 9.40 Å². The number of aromatic nitrogens is 4. The number of hydrogen-bond acceptors (Lipinski definition) is 7. The Labute approximate surface area is 198 Å². The first-order valence-corrected chi connectivity index (χ1v) is 12.7. The first-order valence-electron chi connectivity index (χ1n) is 11.3. The van der Waals surface area contributed by atoms with Crippen molar-refractivity contribution in [1.29, 1.82) is 0 Å². The molecule has 0 spiro atoms. The molecule has 1 N–H and O–H groups in total. The van der Waals surface area contributed by atoms with Gasteiger partial charge in [-0.15, -0.1) is 0 Å². The minimum absolute atomic E-state index is 0.133. The molecule has 0 bridgehead atoms. The zero-order chi connectivity index (χ0) is 24.5. The Morgan fingerprint density at radius 1 is 1.18 bits per heavy atom. The zero-order valence-electron chi connectivity index (χ0n) is 19.7. The first-order chi connectivity index (χ1) is 16.3. The molecule has 0 unspecified atom stereocenters. The molecular weight excluding hydrogens is 456 g/mol. The number of piperazine rings is 1. The summed E-state index contributed by atoms with van der Waals surface area (Å²) in [5.41, 5.74) is 1.61. The highest BCUT2D eigenvalue weighted by Gasteiger charge is 2.29. The van der Waals surface area contributed by atoms with Crippen LogP contribution in [0.25, 0.3) is 22.4 Å². The van der Waals surface area contributed by atoms with Crippen molar-refractivity contribution >= 4 is 21.1 Å². The minimum atomic E-state index is -3.73. The summed E-state index contributed by atoms with van der Waals surface area (Å²) in [5.74, 6) is 0.727. The van der Waals surface area contributed by atoms with E-state index in [2.05, 4.69) is 21.7 Å². The van der Waals surface area contributed by atoms with Gasteiger partial charge in [0.2, 0.25) is 10.0 Å². The number of aromatic amines is 1. The highest BCUT2D eigenvalue weighted by molar-refractivity contribution is 7.89. The molecule has 0 radical (unpaired) electrons. The molecule has 3 aromatic rings. The second-order valence-electron chi connectivity index (χ2n) is 8.41. The van der Waals surface area contributed by atoms with Crippen LogP contribution in [0.4, 0.5) is 0 Å². The number of H-pyrrole nitrogens is 1. The van der Waals surface area contributed by atoms with E-state index in [4.69, 9.17) is 9.72 Å². The maximum atomic E-state index is 13.4. The maximum absolute atomic E-state index is 13.4. The Kier molecular flexibility index (Phi) is 6.87. The average Bonchev–Trinajstić information content (AvgIpc) is 3.23. The number of rotatable bonds is 8. The fraction of sp³-hybridized carbons (Fsp3) is 0.435. The largest absolute Gasteiger partial charge is 0.489 e. The molecule has 0 aliphatic carbocycles. The standard InChI is InChI=1S/C23H30N6O4S/c1-5-7-18-20-21(26-25-18)23(30)28(4)22(24-20)17-15-16(8-9-19(17)33-14-6-2)34(31,32)29-12-10-27(3)11-13-29/h6,8-9,15H,2,5,7,10-14H2,1,3-4H3,(H,25,26). The molecule has 0 amide bonds. The molecule has 11 heteroatoms. The number of likely N-dealkylation sites (N-methyl/N-ethyl adjacent to an activating group) is 1. The Hall–Kier alpha value is -3.02. The Morgan fingerprint density at radius 2 is 1.91 bits per heavy atom. The lowest BCUT2D eigenvalue weighted by molar-refractivity contribution is 0.222. The molecule has 1 saturated heterocycles. The Bertz CT molecular complexity index is 1370. The number of nitrogens with one attached hydrogen (secondary N) is 1. The molecule has 34 heavy (non-hydrogen) atoms. The van der Waals surface area contributed by atoms with Crippen LogP contribution in [0.2, 0.25) is 0 Å². The van der Waals surface area contributed by atoms with Crippen molar-refractivity contribution in [1.82, 2.24) is 29.0 Å². The Morgan fingerprint density at radius 3 is 2.59 bits per heavy atom. The number of fused-ring (bicyclic) bond motifs is 1. The van der Waals surface area contributed by atoms with E-state index in [0.29, 0.717) is 55.3 Å². The third kappa shape index (κ3) is 4.38. The lowest BCUT2D eigenvalue weighted by atomic mass is 10.1. The predicted octanol–water partition coefficient (Wildman–Crippen LogP) is 1.78. The lowest BCUT2D eigenvalue weighted by Gasteiger charge is -2.31. The van der Waals surface area contributed by atoms with Gasteiger partial charge in [0.05, 0.1) is 16.2 Å². The third-order valence-corrected chi connectivity index (χ3v) is 7.90. The average molecular weight is 487 g/mol. The molecule has 0 atom stereocenters. The predicted molar refractivity (Wildman–Crippen MR) is 131 cm³/mol. The first kappa shape index (κ1) is 24.1. The number of nitrogens with zero attached hydrogens (tertiary/aromatic N) is 5. The van der Waals surface area contributed by atoms with E-state index < -0.39 is 10.0 Å². The van der Waals surface area contributed by atoms with Crippen LogP contribution in [0.3, 0.4) is 0 Å². The highest BCUT2D eigenvalue weighted by Crippen LogP contribution is 2.33. The fourth-order valence-electron chi connectivity index (χ4n) is 4.04. The van der Waals surface area contributed by atoms with Crippen molar-refractivity contribution in [3.63, 3.8) is 0 Å². The van der Waals surface area contributed by atoms with Gasteiger partial charge in [0.25, 0.3) is 5.56 Å². The molecule has 1 aliphatic heterocycles. The van der Waals surface area contributed by atoms with Gasteiger partial charge in [0, 0.05) is 33.2 Å². The van der Waals surface area contributed by atoms with Crippen molar-refractivity contribution in [3.05, 3.63) is 46.9 Å². The van der Waals surface area contributed by atoms with Crippen molar-refractivity contribution < 1.29 is 13.2 Å². The topological polar surface area (TPSA) is 113 Å². The molecule has 10 nitrogen and oxygen atoms in total. The minimum Gasteiger partial charge on any atom is -0.489 e. The summed E-state index contributed by atoms with van der Waals surface area (Å²) in [6.45, 7) is 8.11.